The smallest absolute Gasteiger partial charge is 0.0357 e. The fourth-order valence-electron chi connectivity index (χ4n) is 0.430. The summed E-state index contributed by atoms with van der Waals surface area (Å²) in [5, 5.41) is 0. The summed E-state index contributed by atoms with van der Waals surface area (Å²) in [5.74, 6) is 0. The van der Waals surface area contributed by atoms with Crippen molar-refractivity contribution < 1.29 is 0 Å². The Hall–Kier alpha value is -0.330. The molecule has 0 rings (SSSR count). The van der Waals surface area contributed by atoms with Gasteiger partial charge in [-0.3, -0.25) is 4.99 Å². The second-order valence-electron chi connectivity index (χ2n) is 2.97. The van der Waals surface area contributed by atoms with Gasteiger partial charge in [-0.1, -0.05) is 34.6 Å². The van der Waals surface area contributed by atoms with Crippen molar-refractivity contribution in [3.63, 3.8) is 0 Å². The summed E-state index contributed by atoms with van der Waals surface area (Å²) in [5.41, 5.74) is 0.302. The second kappa shape index (κ2) is 7.77. The number of hydrogen-bond acceptors (Lipinski definition) is 1. The maximum Gasteiger partial charge on any atom is 0.0357 e. The summed E-state index contributed by atoms with van der Waals surface area (Å²) in [6.45, 7) is 13.5. The molecule has 0 unspecified atom stereocenters. The molecule has 0 aliphatic carbocycles. The number of rotatable bonds is 3. The first-order valence-corrected chi connectivity index (χ1v) is 4.63. The van der Waals surface area contributed by atoms with Gasteiger partial charge in [0.05, 0.1) is 0 Å². The predicted molar refractivity (Wildman–Crippen MR) is 54.5 cm³/mol. The van der Waals surface area contributed by atoms with Crippen molar-refractivity contribution >= 4 is 6.21 Å². The second-order valence-corrected chi connectivity index (χ2v) is 2.97. The van der Waals surface area contributed by atoms with Gasteiger partial charge in [0.1, 0.15) is 0 Å². The zero-order valence-corrected chi connectivity index (χ0v) is 8.94. The van der Waals surface area contributed by atoms with E-state index in [-0.39, 0.29) is 0 Å². The van der Waals surface area contributed by atoms with Crippen molar-refractivity contribution in [2.75, 3.05) is 6.54 Å². The lowest BCUT2D eigenvalue weighted by Gasteiger charge is -2.14. The third kappa shape index (κ3) is 9.67. The summed E-state index contributed by atoms with van der Waals surface area (Å²) in [4.78, 5) is 4.19. The molecule has 0 aromatic carbocycles. The van der Waals surface area contributed by atoms with E-state index in [9.17, 15) is 0 Å². The molecule has 0 aromatic rings. The maximum absolute atomic E-state index is 4.19. The van der Waals surface area contributed by atoms with Gasteiger partial charge in [0, 0.05) is 12.8 Å². The molecule has 0 aromatic heterocycles. The summed E-state index contributed by atoms with van der Waals surface area (Å²) in [7, 11) is 0. The molecule has 0 heterocycles. The Kier molecular flexibility index (Phi) is 9.38. The molecule has 0 bridgehead atoms. The maximum atomic E-state index is 4.19. The molecule has 0 radical (unpaired) electrons. The topological polar surface area (TPSA) is 12.4 Å². The fourth-order valence-corrected chi connectivity index (χ4v) is 0.430. The minimum absolute atomic E-state index is 0.302. The molecule has 0 amide bonds. The zero-order chi connectivity index (χ0) is 9.33. The van der Waals surface area contributed by atoms with E-state index in [0.717, 1.165) is 13.0 Å². The average Bonchev–Trinajstić information content (AvgIpc) is 2.05. The van der Waals surface area contributed by atoms with Gasteiger partial charge in [0.15, 0.2) is 0 Å². The van der Waals surface area contributed by atoms with Crippen LogP contribution in [0.3, 0.4) is 0 Å². The average molecular weight is 157 g/mol. The Morgan fingerprint density at radius 2 is 1.64 bits per heavy atom. The number of nitrogens with zero attached hydrogens (tertiary/aromatic N) is 1. The number of hydrogen-bond donors (Lipinski definition) is 0. The van der Waals surface area contributed by atoms with Crippen molar-refractivity contribution in [1.82, 2.24) is 0 Å². The minimum Gasteiger partial charge on any atom is -0.297 e. The Morgan fingerprint density at radius 3 is 1.91 bits per heavy atom. The fraction of sp³-hybridized carbons (Fsp3) is 0.900. The Bertz CT molecular complexity index is 93.0. The van der Waals surface area contributed by atoms with Gasteiger partial charge in [0.25, 0.3) is 0 Å². The van der Waals surface area contributed by atoms with Crippen LogP contribution >= 0.6 is 0 Å². The lowest BCUT2D eigenvalue weighted by atomic mass is 9.92. The first kappa shape index (κ1) is 13.3. The molecular formula is C10H23N. The first-order chi connectivity index (χ1) is 5.12. The van der Waals surface area contributed by atoms with Crippen LogP contribution in [0.2, 0.25) is 0 Å². The summed E-state index contributed by atoms with van der Waals surface area (Å²) < 4.78 is 0. The van der Waals surface area contributed by atoms with Gasteiger partial charge in [-0.15, -0.1) is 0 Å². The Labute approximate surface area is 71.9 Å². The SMILES string of the molecule is CC.CCN=CC(C)(C)CC. The van der Waals surface area contributed by atoms with Gasteiger partial charge in [-0.05, 0) is 18.8 Å². The van der Waals surface area contributed by atoms with Gasteiger partial charge in [-0.2, -0.15) is 0 Å². The van der Waals surface area contributed by atoms with Crippen molar-refractivity contribution in [2.24, 2.45) is 10.4 Å². The molecule has 68 valence electrons. The van der Waals surface area contributed by atoms with Crippen LogP contribution in [0.25, 0.3) is 0 Å². The number of aliphatic imine (C=N–C) groups is 1. The standard InChI is InChI=1S/C8H17N.C2H6/c1-5-8(3,4)7-9-6-2;1-2/h7H,5-6H2,1-4H3;1-2H3. The molecule has 0 spiro atoms. The summed E-state index contributed by atoms with van der Waals surface area (Å²) >= 11 is 0. The molecule has 1 nitrogen and oxygen atoms in total. The minimum atomic E-state index is 0.302. The molecule has 0 fully saturated rings. The van der Waals surface area contributed by atoms with Gasteiger partial charge < -0.3 is 0 Å². The Balaban J connectivity index is 0. The molecule has 0 saturated carbocycles. The van der Waals surface area contributed by atoms with Gasteiger partial charge in [0.2, 0.25) is 0 Å². The van der Waals surface area contributed by atoms with Crippen molar-refractivity contribution in [3.05, 3.63) is 0 Å². The monoisotopic (exact) mass is 157 g/mol. The molecule has 0 atom stereocenters. The molecule has 11 heavy (non-hydrogen) atoms. The summed E-state index contributed by atoms with van der Waals surface area (Å²) in [6.07, 6.45) is 3.21. The normalized spacial score (nSPS) is 11.1. The highest BCUT2D eigenvalue weighted by Crippen LogP contribution is 2.15. The van der Waals surface area contributed by atoms with Crippen LogP contribution in [-0.4, -0.2) is 12.8 Å². The predicted octanol–water partition coefficient (Wildman–Crippen LogP) is 3.54. The van der Waals surface area contributed by atoms with E-state index in [0.29, 0.717) is 5.41 Å². The van der Waals surface area contributed by atoms with Crippen LogP contribution < -0.4 is 0 Å². The quantitative estimate of drug-likeness (QED) is 0.556. The third-order valence-corrected chi connectivity index (χ3v) is 1.53. The third-order valence-electron chi connectivity index (χ3n) is 1.53. The molecular weight excluding hydrogens is 134 g/mol. The van der Waals surface area contributed by atoms with E-state index in [4.69, 9.17) is 0 Å². The largest absolute Gasteiger partial charge is 0.297 e. The highest BCUT2D eigenvalue weighted by Gasteiger charge is 2.09. The van der Waals surface area contributed by atoms with Crippen molar-refractivity contribution in [2.45, 2.75) is 48.0 Å². The van der Waals surface area contributed by atoms with Gasteiger partial charge in [-0.25, -0.2) is 0 Å². The van der Waals surface area contributed by atoms with E-state index in [1.54, 1.807) is 0 Å². The van der Waals surface area contributed by atoms with Crippen LogP contribution in [0.1, 0.15) is 48.0 Å². The van der Waals surface area contributed by atoms with Crippen LogP contribution in [0.5, 0.6) is 0 Å². The van der Waals surface area contributed by atoms with Crippen LogP contribution in [-0.2, 0) is 0 Å². The van der Waals surface area contributed by atoms with Crippen LogP contribution in [0, 0.1) is 5.41 Å². The highest BCUT2D eigenvalue weighted by atomic mass is 14.7. The van der Waals surface area contributed by atoms with E-state index < -0.39 is 0 Å². The highest BCUT2D eigenvalue weighted by molar-refractivity contribution is 5.64. The molecule has 0 N–H and O–H groups in total. The Morgan fingerprint density at radius 1 is 1.18 bits per heavy atom. The van der Waals surface area contributed by atoms with E-state index in [2.05, 4.69) is 32.7 Å². The van der Waals surface area contributed by atoms with E-state index in [1.165, 1.54) is 0 Å². The van der Waals surface area contributed by atoms with Crippen molar-refractivity contribution in [1.29, 1.82) is 0 Å². The van der Waals surface area contributed by atoms with E-state index >= 15 is 0 Å². The lowest BCUT2D eigenvalue weighted by molar-refractivity contribution is 0.514. The van der Waals surface area contributed by atoms with Crippen LogP contribution in [0.15, 0.2) is 4.99 Å². The van der Waals surface area contributed by atoms with Crippen LogP contribution in [0.4, 0.5) is 0 Å². The molecule has 1 heteroatoms. The molecule has 0 saturated heterocycles. The van der Waals surface area contributed by atoms with Crippen molar-refractivity contribution in [3.8, 4) is 0 Å². The van der Waals surface area contributed by atoms with Gasteiger partial charge >= 0.3 is 0 Å². The first-order valence-electron chi connectivity index (χ1n) is 4.63. The zero-order valence-electron chi connectivity index (χ0n) is 8.94. The van der Waals surface area contributed by atoms with E-state index in [1.807, 2.05) is 20.1 Å². The molecule has 0 aliphatic heterocycles. The lowest BCUT2D eigenvalue weighted by Crippen LogP contribution is -2.10. The summed E-state index contributed by atoms with van der Waals surface area (Å²) in [6, 6.07) is 0. The molecule has 0 aliphatic rings.